The van der Waals surface area contributed by atoms with Crippen LogP contribution in [0, 0.1) is 11.8 Å². The van der Waals surface area contributed by atoms with Gasteiger partial charge in [0.05, 0.1) is 6.26 Å². The first-order valence-electron chi connectivity index (χ1n) is 6.74. The highest BCUT2D eigenvalue weighted by Crippen LogP contribution is 2.24. The highest BCUT2D eigenvalue weighted by molar-refractivity contribution is 7.88. The predicted octanol–water partition coefficient (Wildman–Crippen LogP) is 0.926. The summed E-state index contributed by atoms with van der Waals surface area (Å²) in [6.07, 6.45) is 5.34. The number of rotatable bonds is 6. The first-order chi connectivity index (χ1) is 8.32. The van der Waals surface area contributed by atoms with Crippen LogP contribution in [0.3, 0.4) is 0 Å². The van der Waals surface area contributed by atoms with Gasteiger partial charge in [-0.05, 0) is 37.5 Å². The number of nitrogens with zero attached hydrogens (tertiary/aromatic N) is 1. The second-order valence-corrected chi connectivity index (χ2v) is 7.84. The number of nitrogens with one attached hydrogen (secondary N) is 1. The van der Waals surface area contributed by atoms with Crippen LogP contribution < -0.4 is 11.3 Å². The van der Waals surface area contributed by atoms with Crippen molar-refractivity contribution in [1.82, 2.24) is 9.73 Å². The van der Waals surface area contributed by atoms with Gasteiger partial charge in [-0.25, -0.2) is 12.7 Å². The lowest BCUT2D eigenvalue weighted by molar-refractivity contribution is 0.229. The van der Waals surface area contributed by atoms with E-state index in [-0.39, 0.29) is 6.04 Å². The van der Waals surface area contributed by atoms with Crippen molar-refractivity contribution in [3.8, 4) is 0 Å². The molecular formula is C12H27N3O2S. The van der Waals surface area contributed by atoms with Crippen LogP contribution in [0.5, 0.6) is 0 Å². The zero-order chi connectivity index (χ0) is 13.8. The third kappa shape index (κ3) is 5.22. The number of piperidine rings is 1. The summed E-state index contributed by atoms with van der Waals surface area (Å²) in [4.78, 5) is 0. The average Bonchev–Trinajstić information content (AvgIpc) is 2.26. The highest BCUT2D eigenvalue weighted by Gasteiger charge is 2.27. The molecule has 2 atom stereocenters. The summed E-state index contributed by atoms with van der Waals surface area (Å²) in [5.74, 6) is 6.60. The maximum Gasteiger partial charge on any atom is 0.211 e. The Labute approximate surface area is 111 Å². The Bertz CT molecular complexity index is 343. The van der Waals surface area contributed by atoms with Gasteiger partial charge in [-0.1, -0.05) is 13.8 Å². The van der Waals surface area contributed by atoms with E-state index in [4.69, 9.17) is 5.84 Å². The van der Waals surface area contributed by atoms with E-state index < -0.39 is 10.0 Å². The predicted molar refractivity (Wildman–Crippen MR) is 74.3 cm³/mol. The molecular weight excluding hydrogens is 250 g/mol. The number of sulfonamides is 1. The molecule has 1 heterocycles. The molecule has 0 aromatic carbocycles. The van der Waals surface area contributed by atoms with Crippen molar-refractivity contribution in [1.29, 1.82) is 0 Å². The molecule has 0 amide bonds. The van der Waals surface area contributed by atoms with E-state index in [9.17, 15) is 8.42 Å². The van der Waals surface area contributed by atoms with Crippen molar-refractivity contribution < 1.29 is 8.42 Å². The van der Waals surface area contributed by atoms with E-state index in [1.807, 2.05) is 0 Å². The Morgan fingerprint density at radius 2 is 2.11 bits per heavy atom. The van der Waals surface area contributed by atoms with E-state index >= 15 is 0 Å². The molecule has 0 aromatic heterocycles. The quantitative estimate of drug-likeness (QED) is 0.559. The van der Waals surface area contributed by atoms with Crippen molar-refractivity contribution >= 4 is 10.0 Å². The van der Waals surface area contributed by atoms with Crippen molar-refractivity contribution in [2.45, 2.75) is 45.6 Å². The van der Waals surface area contributed by atoms with Crippen LogP contribution in [-0.2, 0) is 10.0 Å². The second-order valence-electron chi connectivity index (χ2n) is 5.86. The average molecular weight is 277 g/mol. The van der Waals surface area contributed by atoms with Crippen molar-refractivity contribution in [3.05, 3.63) is 0 Å². The number of hydrazine groups is 1. The van der Waals surface area contributed by atoms with Crippen molar-refractivity contribution in [3.63, 3.8) is 0 Å². The van der Waals surface area contributed by atoms with Gasteiger partial charge >= 0.3 is 0 Å². The minimum Gasteiger partial charge on any atom is -0.271 e. The monoisotopic (exact) mass is 277 g/mol. The molecule has 1 saturated heterocycles. The zero-order valence-corrected chi connectivity index (χ0v) is 12.5. The molecule has 0 saturated carbocycles. The molecule has 2 unspecified atom stereocenters. The van der Waals surface area contributed by atoms with Gasteiger partial charge in [0, 0.05) is 19.1 Å². The lowest BCUT2D eigenvalue weighted by Crippen LogP contribution is -2.43. The summed E-state index contributed by atoms with van der Waals surface area (Å²) in [6, 6.07) is 0.287. The first-order valence-corrected chi connectivity index (χ1v) is 8.59. The standard InChI is InChI=1S/C12H27N3O2S/c1-10(2)7-12(14-13)8-11-5-4-6-15(9-11)18(3,16)17/h10-12,14H,4-9,13H2,1-3H3. The molecule has 5 nitrogen and oxygen atoms in total. The van der Waals surface area contributed by atoms with Crippen LogP contribution in [0.1, 0.15) is 39.5 Å². The molecule has 6 heteroatoms. The van der Waals surface area contributed by atoms with Crippen LogP contribution in [0.25, 0.3) is 0 Å². The largest absolute Gasteiger partial charge is 0.271 e. The first kappa shape index (κ1) is 15.9. The van der Waals surface area contributed by atoms with Gasteiger partial charge in [0.1, 0.15) is 0 Å². The molecule has 1 aliphatic rings. The summed E-state index contributed by atoms with van der Waals surface area (Å²) in [6.45, 7) is 5.66. The van der Waals surface area contributed by atoms with Gasteiger partial charge in [0.25, 0.3) is 0 Å². The Morgan fingerprint density at radius 1 is 1.44 bits per heavy atom. The summed E-state index contributed by atoms with van der Waals surface area (Å²) >= 11 is 0. The summed E-state index contributed by atoms with van der Waals surface area (Å²) in [5, 5.41) is 0. The zero-order valence-electron chi connectivity index (χ0n) is 11.7. The van der Waals surface area contributed by atoms with Crippen molar-refractivity contribution in [2.24, 2.45) is 17.7 Å². The lowest BCUT2D eigenvalue weighted by Gasteiger charge is -2.33. The van der Waals surface area contributed by atoms with E-state index in [0.717, 1.165) is 25.7 Å². The lowest BCUT2D eigenvalue weighted by atomic mass is 9.89. The fraction of sp³-hybridized carbons (Fsp3) is 1.00. The maximum atomic E-state index is 11.6. The van der Waals surface area contributed by atoms with Gasteiger partial charge in [-0.3, -0.25) is 11.3 Å². The van der Waals surface area contributed by atoms with E-state index in [1.54, 1.807) is 4.31 Å². The number of hydrogen-bond acceptors (Lipinski definition) is 4. The molecule has 1 rings (SSSR count). The SMILES string of the molecule is CC(C)CC(CC1CCCN(S(C)(=O)=O)C1)NN. The normalized spacial score (nSPS) is 24.4. The summed E-state index contributed by atoms with van der Waals surface area (Å²) in [5.41, 5.74) is 2.87. The van der Waals surface area contributed by atoms with Crippen LogP contribution in [0.2, 0.25) is 0 Å². The van der Waals surface area contributed by atoms with Crippen LogP contribution in [-0.4, -0.2) is 38.1 Å². The summed E-state index contributed by atoms with van der Waals surface area (Å²) in [7, 11) is -3.04. The molecule has 3 N–H and O–H groups in total. The van der Waals surface area contributed by atoms with Crippen LogP contribution in [0.15, 0.2) is 0 Å². The van der Waals surface area contributed by atoms with Gasteiger partial charge in [0.2, 0.25) is 10.0 Å². The molecule has 1 fully saturated rings. The third-order valence-corrected chi connectivity index (χ3v) is 4.83. The maximum absolute atomic E-state index is 11.6. The summed E-state index contributed by atoms with van der Waals surface area (Å²) < 4.78 is 24.7. The Kier molecular flexibility index (Phi) is 6.04. The van der Waals surface area contributed by atoms with Crippen LogP contribution >= 0.6 is 0 Å². The Balaban J connectivity index is 2.51. The molecule has 0 bridgehead atoms. The van der Waals surface area contributed by atoms with E-state index in [1.165, 1.54) is 6.26 Å². The number of nitrogens with two attached hydrogens (primary N) is 1. The van der Waals surface area contributed by atoms with E-state index in [2.05, 4.69) is 19.3 Å². The van der Waals surface area contributed by atoms with Gasteiger partial charge in [-0.2, -0.15) is 0 Å². The molecule has 0 aliphatic carbocycles. The molecule has 18 heavy (non-hydrogen) atoms. The molecule has 1 aliphatic heterocycles. The third-order valence-electron chi connectivity index (χ3n) is 3.56. The molecule has 108 valence electrons. The van der Waals surface area contributed by atoms with E-state index in [0.29, 0.717) is 24.9 Å². The topological polar surface area (TPSA) is 75.4 Å². The second kappa shape index (κ2) is 6.84. The fourth-order valence-corrected chi connectivity index (χ4v) is 3.67. The molecule has 0 radical (unpaired) electrons. The van der Waals surface area contributed by atoms with Gasteiger partial charge < -0.3 is 0 Å². The highest BCUT2D eigenvalue weighted by atomic mass is 32.2. The smallest absolute Gasteiger partial charge is 0.211 e. The molecule has 0 aromatic rings. The Morgan fingerprint density at radius 3 is 2.61 bits per heavy atom. The van der Waals surface area contributed by atoms with Crippen molar-refractivity contribution in [2.75, 3.05) is 19.3 Å². The minimum atomic E-state index is -3.04. The Hall–Kier alpha value is -0.170. The molecule has 0 spiro atoms. The minimum absolute atomic E-state index is 0.287. The van der Waals surface area contributed by atoms with Gasteiger partial charge in [-0.15, -0.1) is 0 Å². The fourth-order valence-electron chi connectivity index (χ4n) is 2.72. The number of hydrogen-bond donors (Lipinski definition) is 2. The van der Waals surface area contributed by atoms with Gasteiger partial charge in [0.15, 0.2) is 0 Å². The van der Waals surface area contributed by atoms with Crippen LogP contribution in [0.4, 0.5) is 0 Å².